The van der Waals surface area contributed by atoms with Gasteiger partial charge in [-0.25, -0.2) is 0 Å². The highest BCUT2D eigenvalue weighted by Crippen LogP contribution is 2.29. The number of aliphatic hydroxyl groups excluding tert-OH is 1. The molecule has 1 aromatic carbocycles. The fourth-order valence-corrected chi connectivity index (χ4v) is 14.9. The first-order valence-corrected chi connectivity index (χ1v) is 40.3. The van der Waals surface area contributed by atoms with Crippen LogP contribution in [-0.2, 0) is 68.7 Å². The Morgan fingerprint density at radius 3 is 1.59 bits per heavy atom. The van der Waals surface area contributed by atoms with Crippen molar-refractivity contribution in [2.75, 3.05) is 63.9 Å². The summed E-state index contributed by atoms with van der Waals surface area (Å²) in [5, 5.41) is 37.9. The van der Waals surface area contributed by atoms with Gasteiger partial charge in [0.2, 0.25) is 76.8 Å². The summed E-state index contributed by atoms with van der Waals surface area (Å²) in [5.41, 5.74) is 52.7. The average molecular weight is 1570 g/mol. The predicted octanol–water partition coefficient (Wildman–Crippen LogP) is -5.15. The number of rotatable bonds is 36. The molecule has 3 heterocycles. The van der Waals surface area contributed by atoms with Crippen molar-refractivity contribution in [2.45, 2.75) is 235 Å². The van der Waals surface area contributed by atoms with Crippen molar-refractivity contribution in [3.05, 3.63) is 35.9 Å². The molecule has 3 aliphatic rings. The van der Waals surface area contributed by atoms with E-state index in [9.17, 15) is 57.8 Å². The molecule has 37 nitrogen and oxygen atoms in total. The number of carbonyl (C=O) groups excluding carboxylic acids is 13. The number of fused-ring (bicyclic) bond motifs is 2. The zero-order valence-corrected chi connectivity index (χ0v) is 64.9. The molecule has 3 saturated heterocycles. The number of nitrogens with two attached hydrogens (primary N) is 9. The maximum absolute atomic E-state index is 15.3. The van der Waals surface area contributed by atoms with Gasteiger partial charge in [-0.1, -0.05) is 98.9 Å². The van der Waals surface area contributed by atoms with E-state index in [-0.39, 0.29) is 134 Å². The number of carbonyl (C=O) groups is 13. The van der Waals surface area contributed by atoms with Crippen molar-refractivity contribution < 1.29 is 67.4 Å². The fraction of sp³-hybridized carbons (Fsp3) is 0.700. The highest BCUT2D eigenvalue weighted by molar-refractivity contribution is 8.76. The molecule has 0 unspecified atom stereocenters. The van der Waals surface area contributed by atoms with Gasteiger partial charge in [-0.2, -0.15) is 0 Å². The highest BCUT2D eigenvalue weighted by atomic mass is 33.1. The summed E-state index contributed by atoms with van der Waals surface area (Å²) in [6, 6.07) is -9.28. The van der Waals surface area contributed by atoms with Gasteiger partial charge in [-0.3, -0.25) is 72.3 Å². The highest BCUT2D eigenvalue weighted by Gasteiger charge is 2.46. The van der Waals surface area contributed by atoms with Crippen LogP contribution in [0.3, 0.4) is 0 Å². The largest absolute Gasteiger partial charge is 0.394 e. The van der Waals surface area contributed by atoms with Gasteiger partial charge in [0.05, 0.1) is 12.6 Å². The van der Waals surface area contributed by atoms with Crippen LogP contribution in [0, 0.1) is 11.8 Å². The van der Waals surface area contributed by atoms with Crippen LogP contribution in [0.25, 0.3) is 0 Å². The Morgan fingerprint density at radius 1 is 0.541 bits per heavy atom. The van der Waals surface area contributed by atoms with Crippen LogP contribution in [0.4, 0.5) is 0 Å². The van der Waals surface area contributed by atoms with E-state index >= 15 is 9.59 Å². The van der Waals surface area contributed by atoms with E-state index in [1.807, 2.05) is 0 Å². The molecule has 0 radical (unpaired) electrons. The van der Waals surface area contributed by atoms with Gasteiger partial charge in [0.15, 0.2) is 11.9 Å². The van der Waals surface area contributed by atoms with Gasteiger partial charge in [0, 0.05) is 44.1 Å². The monoisotopic (exact) mass is 1570 g/mol. The van der Waals surface area contributed by atoms with Crippen LogP contribution < -0.4 is 105 Å². The number of amides is 13. The molecule has 13 amide bonds. The first kappa shape index (κ1) is 92.8. The third-order valence-corrected chi connectivity index (χ3v) is 21.9. The van der Waals surface area contributed by atoms with Crippen LogP contribution in [0.1, 0.15) is 155 Å². The third kappa shape index (κ3) is 31.3. The molecule has 4 rings (SSSR count). The summed E-state index contributed by atoms with van der Waals surface area (Å²) in [6.07, 6.45) is 4.01. The number of hydrogen-bond donors (Lipinski definition) is 20. The molecule has 109 heavy (non-hydrogen) atoms. The second-order valence-corrected chi connectivity index (χ2v) is 30.4. The minimum Gasteiger partial charge on any atom is -0.394 e. The Labute approximate surface area is 645 Å². The molecule has 0 aliphatic carbocycles. The summed E-state index contributed by atoms with van der Waals surface area (Å²) < 4.78 is 0. The van der Waals surface area contributed by atoms with Crippen molar-refractivity contribution in [1.82, 2.24) is 63.0 Å². The smallest absolute Gasteiger partial charge is 0.246 e. The minimum atomic E-state index is -1.70. The van der Waals surface area contributed by atoms with Gasteiger partial charge >= 0.3 is 0 Å². The lowest BCUT2D eigenvalue weighted by molar-refractivity contribution is -0.149. The van der Waals surface area contributed by atoms with E-state index in [1.54, 1.807) is 58.0 Å². The Morgan fingerprint density at radius 2 is 1.04 bits per heavy atom. The van der Waals surface area contributed by atoms with E-state index in [2.05, 4.69) is 63.2 Å². The summed E-state index contributed by atoms with van der Waals surface area (Å²) in [4.78, 5) is 201. The normalized spacial score (nSPS) is 23.4. The van der Waals surface area contributed by atoms with Crippen LogP contribution in [-0.4, -0.2) is 246 Å². The zero-order chi connectivity index (χ0) is 80.7. The molecular weight excluding hydrogens is 1450 g/mol. The Hall–Kier alpha value is -8.63. The average Bonchev–Trinajstić information content (AvgIpc) is 1.78. The second kappa shape index (κ2) is 49.5. The lowest BCUT2D eigenvalue weighted by Gasteiger charge is -2.35. The number of nitrogens with zero attached hydrogens (tertiary/aromatic N) is 4. The SMILES string of the molecule is CC[C@H](C)[C@@H]1NC(=O)[C@@H]2CCCN2C(=O)[C@@H]2CCCN2C(=O)[C@H]([C@@H](C)CC)NC(=O)[C@H](CO)NC(=O)[C@H](CCCCN)NC(=O)[C@H](CCCCN)NC(=O)[C@@H](NC(=O)[C@H](CCCN=C(N)N)NC(=O)[C@H](CCCN=C(N)N)NC(=O)[C@@H](N)CCCCN)CSSC[C@@H](C(=O)N[C@@H](Cc2ccccc2)C(N)=O)NC1=O. The summed E-state index contributed by atoms with van der Waals surface area (Å²) in [7, 11) is 1.82. The van der Waals surface area contributed by atoms with Crippen molar-refractivity contribution in [3.8, 4) is 0 Å². The van der Waals surface area contributed by atoms with E-state index in [4.69, 9.17) is 51.6 Å². The standard InChI is InChI=1S/C70H121N23O14S2/c1-5-40(3)54-66(105)89-51(64(103)86-48(56(75)95)36-42-20-8-7-9-21-42)39-109-108-38-50(88-61(100)47(26-17-33-81-70(78)79)84-59(98)46(25-16-32-80-69(76)77)82-57(96)43(74)22-10-13-29-71)63(102)85-44(23-11-14-30-72)58(97)83-45(24-12-15-31-73)60(99)87-49(37-94)62(101)91-55(41(4)6-2)68(107)93-35-19-28-53(93)67(106)92-34-18-27-52(92)65(104)90-54/h7-9,20-21,40-41,43-55,94H,5-6,10-19,22-39,71-74H2,1-4H3,(H2,75,95)(H,82,96)(H,83,97)(H,84,98)(H,85,102)(H,86,103)(H,87,99)(H,88,100)(H,89,105)(H,90,104)(H,91,101)(H4,76,77,80)(H4,78,79,81)/t40-,41-,43-,44-,45-,46-,47-,48-,49-,50-,51-,52-,53-,54-,55-/m0/s1. The zero-order valence-electron chi connectivity index (χ0n) is 63.3. The topological polar surface area (TPSA) is 628 Å². The molecule has 0 bridgehead atoms. The first-order valence-electron chi connectivity index (χ1n) is 37.8. The molecule has 3 aliphatic heterocycles. The Kier molecular flexibility index (Phi) is 42.1. The lowest BCUT2D eigenvalue weighted by atomic mass is 9.96. The second-order valence-electron chi connectivity index (χ2n) is 27.8. The van der Waals surface area contributed by atoms with Crippen molar-refractivity contribution in [2.24, 2.45) is 73.4 Å². The van der Waals surface area contributed by atoms with Crippen molar-refractivity contribution >= 4 is 110 Å². The first-order chi connectivity index (χ1) is 52.0. The molecular formula is C70H121N23O14S2. The number of aliphatic imine (C=N–C) groups is 2. The van der Waals surface area contributed by atoms with E-state index in [0.29, 0.717) is 63.5 Å². The predicted molar refractivity (Wildman–Crippen MR) is 416 cm³/mol. The van der Waals surface area contributed by atoms with Gasteiger partial charge in [0.25, 0.3) is 0 Å². The third-order valence-electron chi connectivity index (χ3n) is 19.4. The summed E-state index contributed by atoms with van der Waals surface area (Å²) in [6.45, 7) is 6.89. The summed E-state index contributed by atoms with van der Waals surface area (Å²) in [5.74, 6) is -13.3. The van der Waals surface area contributed by atoms with Crippen LogP contribution >= 0.6 is 21.6 Å². The van der Waals surface area contributed by atoms with Crippen LogP contribution in [0.5, 0.6) is 0 Å². The van der Waals surface area contributed by atoms with Crippen LogP contribution in [0.2, 0.25) is 0 Å². The Balaban J connectivity index is 1.94. The Bertz CT molecular complexity index is 3210. The molecule has 1 aromatic rings. The number of aliphatic hydroxyl groups is 1. The van der Waals surface area contributed by atoms with Gasteiger partial charge < -0.3 is 120 Å². The molecule has 3 fully saturated rings. The number of primary amides is 1. The maximum atomic E-state index is 15.3. The van der Waals surface area contributed by atoms with E-state index < -0.39 is 180 Å². The molecule has 39 heteroatoms. The van der Waals surface area contributed by atoms with Gasteiger partial charge in [0.1, 0.15) is 72.5 Å². The van der Waals surface area contributed by atoms with Crippen LogP contribution in [0.15, 0.2) is 40.3 Å². The van der Waals surface area contributed by atoms with E-state index in [1.165, 1.54) is 9.80 Å². The molecule has 0 spiro atoms. The quantitative estimate of drug-likeness (QED) is 0.0129. The van der Waals surface area contributed by atoms with Crippen molar-refractivity contribution in [3.63, 3.8) is 0 Å². The van der Waals surface area contributed by atoms with E-state index in [0.717, 1.165) is 21.6 Å². The maximum Gasteiger partial charge on any atom is 0.246 e. The van der Waals surface area contributed by atoms with Gasteiger partial charge in [-0.05, 0) is 140 Å². The number of unbranched alkanes of at least 4 members (excludes halogenated alkanes) is 3. The number of guanidine groups is 2. The summed E-state index contributed by atoms with van der Waals surface area (Å²) >= 11 is 0. The molecule has 0 aromatic heterocycles. The molecule has 0 saturated carbocycles. The fourth-order valence-electron chi connectivity index (χ4n) is 12.6. The van der Waals surface area contributed by atoms with Crippen molar-refractivity contribution in [1.29, 1.82) is 0 Å². The minimum absolute atomic E-state index is 0.0400. The lowest BCUT2D eigenvalue weighted by Crippen LogP contribution is -2.62. The number of nitrogens with one attached hydrogen (secondary N) is 10. The molecule has 612 valence electrons. The molecule has 15 atom stereocenters. The number of benzene rings is 1. The molecule has 29 N–H and O–H groups in total. The van der Waals surface area contributed by atoms with Gasteiger partial charge in [-0.15, -0.1) is 0 Å². The number of hydrogen-bond acceptors (Lipinski definition) is 22.